The van der Waals surface area contributed by atoms with Crippen LogP contribution in [-0.4, -0.2) is 40.1 Å². The molecular formula is C17H30N4O2. The summed E-state index contributed by atoms with van der Waals surface area (Å²) in [6.07, 6.45) is 6.87. The molecule has 1 fully saturated rings. The molecule has 2 atom stereocenters. The predicted molar refractivity (Wildman–Crippen MR) is 90.3 cm³/mol. The van der Waals surface area contributed by atoms with E-state index in [1.165, 1.54) is 0 Å². The lowest BCUT2D eigenvalue weighted by Crippen LogP contribution is -2.46. The normalized spacial score (nSPS) is 21.9. The van der Waals surface area contributed by atoms with Crippen molar-refractivity contribution in [2.75, 3.05) is 6.54 Å². The number of nitrogens with one attached hydrogen (secondary N) is 2. The topological polar surface area (TPSA) is 68.2 Å². The van der Waals surface area contributed by atoms with Gasteiger partial charge < -0.3 is 15.4 Å². The molecule has 0 saturated heterocycles. The van der Waals surface area contributed by atoms with Crippen molar-refractivity contribution in [2.24, 2.45) is 7.05 Å². The van der Waals surface area contributed by atoms with E-state index in [1.54, 1.807) is 0 Å². The van der Waals surface area contributed by atoms with Crippen molar-refractivity contribution in [3.05, 3.63) is 18.0 Å². The van der Waals surface area contributed by atoms with Crippen LogP contribution in [0, 0.1) is 0 Å². The second-order valence-electron chi connectivity index (χ2n) is 7.39. The Morgan fingerprint density at radius 3 is 2.78 bits per heavy atom. The summed E-state index contributed by atoms with van der Waals surface area (Å²) in [5, 5.41) is 11.0. The first kappa shape index (κ1) is 17.8. The van der Waals surface area contributed by atoms with Gasteiger partial charge in [0.1, 0.15) is 5.60 Å². The van der Waals surface area contributed by atoms with E-state index in [-0.39, 0.29) is 12.1 Å². The van der Waals surface area contributed by atoms with Crippen LogP contribution >= 0.6 is 0 Å². The number of carbonyl (C=O) groups is 1. The fourth-order valence-electron chi connectivity index (χ4n) is 2.98. The van der Waals surface area contributed by atoms with E-state index in [9.17, 15) is 4.79 Å². The smallest absolute Gasteiger partial charge is 0.407 e. The zero-order chi connectivity index (χ0) is 16.9. The summed E-state index contributed by atoms with van der Waals surface area (Å²) >= 11 is 0. The first-order valence-electron chi connectivity index (χ1n) is 8.53. The van der Waals surface area contributed by atoms with Crippen LogP contribution in [0.3, 0.4) is 0 Å². The van der Waals surface area contributed by atoms with E-state index in [2.05, 4.69) is 21.8 Å². The average molecular weight is 322 g/mol. The van der Waals surface area contributed by atoms with Crippen molar-refractivity contribution in [1.29, 1.82) is 0 Å². The molecule has 1 aliphatic carbocycles. The van der Waals surface area contributed by atoms with Crippen molar-refractivity contribution in [3.63, 3.8) is 0 Å². The molecule has 1 aliphatic rings. The van der Waals surface area contributed by atoms with Gasteiger partial charge in [0.25, 0.3) is 0 Å². The molecule has 2 unspecified atom stereocenters. The highest BCUT2D eigenvalue weighted by molar-refractivity contribution is 5.68. The Morgan fingerprint density at radius 1 is 1.39 bits per heavy atom. The van der Waals surface area contributed by atoms with Crippen molar-refractivity contribution in [2.45, 2.75) is 70.6 Å². The van der Waals surface area contributed by atoms with Crippen molar-refractivity contribution >= 4 is 6.09 Å². The summed E-state index contributed by atoms with van der Waals surface area (Å²) in [5.41, 5.74) is 0.665. The van der Waals surface area contributed by atoms with Crippen molar-refractivity contribution in [1.82, 2.24) is 20.4 Å². The third kappa shape index (κ3) is 6.60. The maximum atomic E-state index is 11.9. The molecule has 23 heavy (non-hydrogen) atoms. The summed E-state index contributed by atoms with van der Waals surface area (Å²) in [4.78, 5) is 11.9. The third-order valence-electron chi connectivity index (χ3n) is 3.98. The molecule has 6 nitrogen and oxygen atoms in total. The minimum Gasteiger partial charge on any atom is -0.444 e. The Balaban J connectivity index is 1.69. The molecule has 0 aromatic carbocycles. The Labute approximate surface area is 139 Å². The van der Waals surface area contributed by atoms with Gasteiger partial charge in [-0.15, -0.1) is 0 Å². The van der Waals surface area contributed by atoms with E-state index in [4.69, 9.17) is 4.74 Å². The minimum atomic E-state index is -0.445. The Bertz CT molecular complexity index is 507. The molecular weight excluding hydrogens is 292 g/mol. The number of hydrogen-bond donors (Lipinski definition) is 2. The van der Waals surface area contributed by atoms with Crippen molar-refractivity contribution in [3.8, 4) is 0 Å². The van der Waals surface area contributed by atoms with Gasteiger partial charge in [-0.3, -0.25) is 4.68 Å². The summed E-state index contributed by atoms with van der Waals surface area (Å²) < 4.78 is 7.17. The van der Waals surface area contributed by atoms with E-state index in [0.29, 0.717) is 6.04 Å². The van der Waals surface area contributed by atoms with Crippen LogP contribution in [0.25, 0.3) is 0 Å². The number of carbonyl (C=O) groups excluding carboxylic acids is 1. The average Bonchev–Trinajstić information content (AvgIpc) is 2.82. The van der Waals surface area contributed by atoms with Crippen LogP contribution in [-0.2, 0) is 18.2 Å². The molecule has 0 bridgehead atoms. The molecule has 1 saturated carbocycles. The number of rotatable bonds is 5. The number of aromatic nitrogens is 2. The Kier molecular flexibility index (Phi) is 6.04. The third-order valence-corrected chi connectivity index (χ3v) is 3.98. The lowest BCUT2D eigenvalue weighted by atomic mass is 9.91. The molecule has 6 heteroatoms. The first-order chi connectivity index (χ1) is 10.8. The molecule has 1 aromatic heterocycles. The van der Waals surface area contributed by atoms with Gasteiger partial charge in [-0.25, -0.2) is 4.79 Å². The van der Waals surface area contributed by atoms with Crippen molar-refractivity contribution < 1.29 is 9.53 Å². The van der Waals surface area contributed by atoms with Crippen LogP contribution in [0.5, 0.6) is 0 Å². The first-order valence-corrected chi connectivity index (χ1v) is 8.53. The van der Waals surface area contributed by atoms with Crippen LogP contribution in [0.15, 0.2) is 12.3 Å². The fourth-order valence-corrected chi connectivity index (χ4v) is 2.98. The van der Waals surface area contributed by atoms with Crippen LogP contribution in [0.1, 0.15) is 52.1 Å². The van der Waals surface area contributed by atoms with Gasteiger partial charge in [0.2, 0.25) is 0 Å². The van der Waals surface area contributed by atoms with E-state index in [1.807, 2.05) is 38.7 Å². The summed E-state index contributed by atoms with van der Waals surface area (Å²) in [6.45, 7) is 6.57. The van der Waals surface area contributed by atoms with Gasteiger partial charge in [0.15, 0.2) is 0 Å². The van der Waals surface area contributed by atoms with Gasteiger partial charge in [0, 0.05) is 38.3 Å². The van der Waals surface area contributed by atoms with E-state index < -0.39 is 5.60 Å². The molecule has 2 rings (SSSR count). The fraction of sp³-hybridized carbons (Fsp3) is 0.765. The second kappa shape index (κ2) is 7.81. The maximum Gasteiger partial charge on any atom is 0.407 e. The number of hydrogen-bond acceptors (Lipinski definition) is 4. The summed E-state index contributed by atoms with van der Waals surface area (Å²) in [7, 11) is 1.94. The molecule has 2 N–H and O–H groups in total. The largest absolute Gasteiger partial charge is 0.444 e. The molecule has 130 valence electrons. The number of alkyl carbamates (subject to hydrolysis) is 1. The van der Waals surface area contributed by atoms with Gasteiger partial charge in [0.05, 0.1) is 5.69 Å². The molecule has 0 radical (unpaired) electrons. The molecule has 1 amide bonds. The molecule has 1 aromatic rings. The Morgan fingerprint density at radius 2 is 2.13 bits per heavy atom. The quantitative estimate of drug-likeness (QED) is 0.873. The number of amides is 1. The number of ether oxygens (including phenoxy) is 1. The highest BCUT2D eigenvalue weighted by atomic mass is 16.6. The second-order valence-corrected chi connectivity index (χ2v) is 7.39. The number of aryl methyl sites for hydroxylation is 1. The van der Waals surface area contributed by atoms with Crippen LogP contribution in [0.2, 0.25) is 0 Å². The van der Waals surface area contributed by atoms with Gasteiger partial charge >= 0.3 is 6.09 Å². The zero-order valence-corrected chi connectivity index (χ0v) is 14.8. The van der Waals surface area contributed by atoms with Crippen LogP contribution in [0.4, 0.5) is 4.79 Å². The molecule has 0 aliphatic heterocycles. The van der Waals surface area contributed by atoms with Gasteiger partial charge in [-0.2, -0.15) is 5.10 Å². The monoisotopic (exact) mass is 322 g/mol. The SMILES string of the molecule is Cn1ccc(CCNC2CCCC(NC(=O)OC(C)(C)C)C2)n1. The zero-order valence-electron chi connectivity index (χ0n) is 14.8. The highest BCUT2D eigenvalue weighted by Gasteiger charge is 2.25. The maximum absolute atomic E-state index is 11.9. The van der Waals surface area contributed by atoms with E-state index in [0.717, 1.165) is 44.3 Å². The predicted octanol–water partition coefficient (Wildman–Crippen LogP) is 2.39. The van der Waals surface area contributed by atoms with Gasteiger partial charge in [-0.05, 0) is 52.5 Å². The van der Waals surface area contributed by atoms with E-state index >= 15 is 0 Å². The standard InChI is InChI=1S/C17H30N4O2/c1-17(2,3)23-16(22)19-15-7-5-6-14(12-15)18-10-8-13-9-11-21(4)20-13/h9,11,14-15,18H,5-8,10,12H2,1-4H3,(H,19,22). The Hall–Kier alpha value is -1.56. The summed E-state index contributed by atoms with van der Waals surface area (Å²) in [6, 6.07) is 2.70. The number of nitrogens with zero attached hydrogens (tertiary/aromatic N) is 2. The van der Waals surface area contributed by atoms with Gasteiger partial charge in [-0.1, -0.05) is 0 Å². The molecule has 0 spiro atoms. The van der Waals surface area contributed by atoms with Crippen LogP contribution < -0.4 is 10.6 Å². The highest BCUT2D eigenvalue weighted by Crippen LogP contribution is 2.19. The lowest BCUT2D eigenvalue weighted by molar-refractivity contribution is 0.0489. The molecule has 1 heterocycles. The minimum absolute atomic E-state index is 0.200. The lowest BCUT2D eigenvalue weighted by Gasteiger charge is -2.31. The summed E-state index contributed by atoms with van der Waals surface area (Å²) in [5.74, 6) is 0.